The molecule has 1 aliphatic heterocycles. The number of nitrogens with zero attached hydrogens (tertiary/aromatic N) is 1. The van der Waals surface area contributed by atoms with Gasteiger partial charge < -0.3 is 14.7 Å². The van der Waals surface area contributed by atoms with Crippen LogP contribution in [-0.4, -0.2) is 35.2 Å². The Kier molecular flexibility index (Phi) is 4.39. The van der Waals surface area contributed by atoms with E-state index in [4.69, 9.17) is 4.74 Å². The number of hydrogen-bond acceptors (Lipinski definition) is 3. The number of carbonyl (C=O) groups excluding carboxylic acids is 1. The highest BCUT2D eigenvalue weighted by molar-refractivity contribution is 5.77. The van der Waals surface area contributed by atoms with Crippen LogP contribution in [0.2, 0.25) is 0 Å². The Labute approximate surface area is 132 Å². The van der Waals surface area contributed by atoms with Gasteiger partial charge >= 0.3 is 0 Å². The second-order valence-corrected chi connectivity index (χ2v) is 6.66. The summed E-state index contributed by atoms with van der Waals surface area (Å²) in [5.74, 6) is 0.965. The first-order valence-corrected chi connectivity index (χ1v) is 8.26. The molecule has 1 N–H and O–H groups in total. The van der Waals surface area contributed by atoms with Crippen molar-refractivity contribution < 1.29 is 14.6 Å². The number of fused-ring (bicyclic) bond motifs is 1. The summed E-state index contributed by atoms with van der Waals surface area (Å²) in [6.07, 6.45) is 5.81. The van der Waals surface area contributed by atoms with Crippen molar-refractivity contribution >= 4 is 5.91 Å². The molecule has 120 valence electrons. The molecule has 0 spiro atoms. The zero-order valence-electron chi connectivity index (χ0n) is 13.3. The molecule has 0 unspecified atom stereocenters. The van der Waals surface area contributed by atoms with E-state index in [-0.39, 0.29) is 12.3 Å². The van der Waals surface area contributed by atoms with E-state index in [0.717, 1.165) is 50.8 Å². The van der Waals surface area contributed by atoms with Gasteiger partial charge in [-0.3, -0.25) is 4.79 Å². The van der Waals surface area contributed by atoms with Gasteiger partial charge in [-0.15, -0.1) is 0 Å². The van der Waals surface area contributed by atoms with Crippen molar-refractivity contribution in [1.82, 2.24) is 4.90 Å². The summed E-state index contributed by atoms with van der Waals surface area (Å²) >= 11 is 0. The molecule has 22 heavy (non-hydrogen) atoms. The maximum Gasteiger partial charge on any atom is 0.225 e. The van der Waals surface area contributed by atoms with E-state index in [1.807, 2.05) is 11.0 Å². The van der Waals surface area contributed by atoms with Crippen molar-refractivity contribution in [3.63, 3.8) is 0 Å². The minimum Gasteiger partial charge on any atom is -0.497 e. The van der Waals surface area contributed by atoms with Crippen LogP contribution in [0.4, 0.5) is 0 Å². The zero-order valence-corrected chi connectivity index (χ0v) is 13.3. The Morgan fingerprint density at radius 1 is 1.27 bits per heavy atom. The van der Waals surface area contributed by atoms with E-state index in [1.54, 1.807) is 7.11 Å². The van der Waals surface area contributed by atoms with Crippen LogP contribution in [0.25, 0.3) is 0 Å². The molecule has 1 aromatic rings. The SMILES string of the molecule is COc1ccc2c(c1)CCCN(C(=O)CC1(O)CCCC1)C2. The second kappa shape index (κ2) is 6.29. The number of aliphatic hydroxyl groups is 1. The summed E-state index contributed by atoms with van der Waals surface area (Å²) in [5.41, 5.74) is 1.71. The van der Waals surface area contributed by atoms with Crippen molar-refractivity contribution in [2.24, 2.45) is 0 Å². The fraction of sp³-hybridized carbons (Fsp3) is 0.611. The molecular formula is C18H25NO3. The molecule has 2 aliphatic rings. The van der Waals surface area contributed by atoms with Gasteiger partial charge in [0.25, 0.3) is 0 Å². The standard InChI is InChI=1S/C18H25NO3/c1-22-16-7-6-15-13-19(10-4-5-14(15)11-16)17(20)12-18(21)8-2-3-9-18/h6-7,11,21H,2-5,8-10,12-13H2,1H3. The molecule has 3 rings (SSSR count). The maximum absolute atomic E-state index is 12.6. The lowest BCUT2D eigenvalue weighted by molar-refractivity contribution is -0.136. The molecule has 1 saturated carbocycles. The van der Waals surface area contributed by atoms with Gasteiger partial charge in [-0.2, -0.15) is 0 Å². The Balaban J connectivity index is 1.71. The van der Waals surface area contributed by atoms with Crippen LogP contribution in [0.5, 0.6) is 5.75 Å². The van der Waals surface area contributed by atoms with E-state index in [0.29, 0.717) is 6.54 Å². The van der Waals surface area contributed by atoms with Crippen molar-refractivity contribution in [3.8, 4) is 5.75 Å². The molecule has 0 saturated heterocycles. The topological polar surface area (TPSA) is 49.8 Å². The highest BCUT2D eigenvalue weighted by Gasteiger charge is 2.35. The lowest BCUT2D eigenvalue weighted by Gasteiger charge is -2.27. The minimum absolute atomic E-state index is 0.0908. The number of ether oxygens (including phenoxy) is 1. The largest absolute Gasteiger partial charge is 0.497 e. The highest BCUT2D eigenvalue weighted by Crippen LogP contribution is 2.33. The molecule has 1 aliphatic carbocycles. The fourth-order valence-corrected chi connectivity index (χ4v) is 3.68. The number of rotatable bonds is 3. The van der Waals surface area contributed by atoms with E-state index >= 15 is 0 Å². The van der Waals surface area contributed by atoms with Crippen LogP contribution in [0.3, 0.4) is 0 Å². The third-order valence-electron chi connectivity index (χ3n) is 5.02. The van der Waals surface area contributed by atoms with Crippen molar-refractivity contribution in [1.29, 1.82) is 0 Å². The van der Waals surface area contributed by atoms with Gasteiger partial charge in [0.1, 0.15) is 5.75 Å². The van der Waals surface area contributed by atoms with Gasteiger partial charge in [-0.25, -0.2) is 0 Å². The number of methoxy groups -OCH3 is 1. The van der Waals surface area contributed by atoms with E-state index < -0.39 is 5.60 Å². The lowest BCUT2D eigenvalue weighted by Crippen LogP contribution is -2.37. The summed E-state index contributed by atoms with van der Waals surface area (Å²) in [6.45, 7) is 1.42. The first-order valence-electron chi connectivity index (χ1n) is 8.26. The number of hydrogen-bond donors (Lipinski definition) is 1. The molecular weight excluding hydrogens is 278 g/mol. The zero-order chi connectivity index (χ0) is 15.6. The Hall–Kier alpha value is -1.55. The normalized spacial score (nSPS) is 20.4. The summed E-state index contributed by atoms with van der Waals surface area (Å²) < 4.78 is 5.28. The van der Waals surface area contributed by atoms with Crippen molar-refractivity contribution in [3.05, 3.63) is 29.3 Å². The number of benzene rings is 1. The van der Waals surface area contributed by atoms with Crippen molar-refractivity contribution in [2.45, 2.75) is 57.1 Å². The molecule has 1 amide bonds. The smallest absolute Gasteiger partial charge is 0.225 e. The second-order valence-electron chi connectivity index (χ2n) is 6.66. The molecule has 1 heterocycles. The van der Waals surface area contributed by atoms with Crippen LogP contribution in [0.15, 0.2) is 18.2 Å². The lowest BCUT2D eigenvalue weighted by atomic mass is 9.97. The predicted octanol–water partition coefficient (Wildman–Crippen LogP) is 2.67. The first-order chi connectivity index (χ1) is 10.6. The summed E-state index contributed by atoms with van der Waals surface area (Å²) in [4.78, 5) is 14.5. The summed E-state index contributed by atoms with van der Waals surface area (Å²) in [6, 6.07) is 6.09. The van der Waals surface area contributed by atoms with E-state index in [2.05, 4.69) is 12.1 Å². The first kappa shape index (κ1) is 15.3. The van der Waals surface area contributed by atoms with Gasteiger partial charge in [0.05, 0.1) is 19.1 Å². The summed E-state index contributed by atoms with van der Waals surface area (Å²) in [5, 5.41) is 10.5. The molecule has 4 nitrogen and oxygen atoms in total. The van der Waals surface area contributed by atoms with Gasteiger partial charge in [0.15, 0.2) is 0 Å². The molecule has 4 heteroatoms. The average molecular weight is 303 g/mol. The third kappa shape index (κ3) is 3.27. The predicted molar refractivity (Wildman–Crippen MR) is 84.8 cm³/mol. The van der Waals surface area contributed by atoms with Crippen LogP contribution in [0.1, 0.15) is 49.7 Å². The average Bonchev–Trinajstić information content (AvgIpc) is 2.82. The quantitative estimate of drug-likeness (QED) is 0.934. The number of aryl methyl sites for hydroxylation is 1. The van der Waals surface area contributed by atoms with Crippen LogP contribution >= 0.6 is 0 Å². The summed E-state index contributed by atoms with van der Waals surface area (Å²) in [7, 11) is 1.68. The minimum atomic E-state index is -0.758. The molecule has 1 aromatic carbocycles. The van der Waals surface area contributed by atoms with E-state index in [9.17, 15) is 9.90 Å². The number of amides is 1. The Bertz CT molecular complexity index is 549. The molecule has 0 radical (unpaired) electrons. The molecule has 0 atom stereocenters. The van der Waals surface area contributed by atoms with E-state index in [1.165, 1.54) is 11.1 Å². The number of carbonyl (C=O) groups is 1. The maximum atomic E-state index is 12.6. The molecule has 1 fully saturated rings. The highest BCUT2D eigenvalue weighted by atomic mass is 16.5. The van der Waals surface area contributed by atoms with Gasteiger partial charge in [0.2, 0.25) is 5.91 Å². The Morgan fingerprint density at radius 2 is 2.05 bits per heavy atom. The van der Waals surface area contributed by atoms with Gasteiger partial charge in [-0.1, -0.05) is 18.9 Å². The Morgan fingerprint density at radius 3 is 2.77 bits per heavy atom. The van der Waals surface area contributed by atoms with Crippen LogP contribution in [0, 0.1) is 0 Å². The fourth-order valence-electron chi connectivity index (χ4n) is 3.68. The van der Waals surface area contributed by atoms with Crippen LogP contribution < -0.4 is 4.74 Å². The van der Waals surface area contributed by atoms with Crippen molar-refractivity contribution in [2.75, 3.05) is 13.7 Å². The molecule has 0 aromatic heterocycles. The third-order valence-corrected chi connectivity index (χ3v) is 5.02. The van der Waals surface area contributed by atoms with Crippen LogP contribution in [-0.2, 0) is 17.8 Å². The molecule has 0 bridgehead atoms. The van der Waals surface area contributed by atoms with Gasteiger partial charge in [-0.05, 0) is 48.9 Å². The monoisotopic (exact) mass is 303 g/mol. The van der Waals surface area contributed by atoms with Gasteiger partial charge in [0, 0.05) is 13.1 Å².